The molecule has 5 heteroatoms. The molecule has 0 N–H and O–H groups in total. The lowest BCUT2D eigenvalue weighted by Gasteiger charge is -2.27. The molecule has 9 aromatic rings. The first-order valence-electron chi connectivity index (χ1n) is 16.2. The Hall–Kier alpha value is -7.08. The number of nitrogens with zero attached hydrogens (tertiary/aromatic N) is 5. The Morgan fingerprint density at radius 3 is 1.55 bits per heavy atom. The van der Waals surface area contributed by atoms with E-state index in [4.69, 9.17) is 0 Å². The normalized spacial score (nSPS) is 11.2. The number of benzene rings is 7. The Bertz CT molecular complexity index is 2740. The van der Waals surface area contributed by atoms with Crippen molar-refractivity contribution in [2.24, 2.45) is 0 Å². The van der Waals surface area contributed by atoms with Gasteiger partial charge in [-0.2, -0.15) is 10.5 Å². The van der Waals surface area contributed by atoms with Gasteiger partial charge in [-0.1, -0.05) is 91.0 Å². The number of fused-ring (bicyclic) bond motifs is 6. The van der Waals surface area contributed by atoms with Gasteiger partial charge in [-0.05, 0) is 72.8 Å². The molecule has 0 saturated heterocycles. The van der Waals surface area contributed by atoms with E-state index in [1.165, 1.54) is 0 Å². The summed E-state index contributed by atoms with van der Waals surface area (Å²) in [5, 5.41) is 25.5. The van der Waals surface area contributed by atoms with Gasteiger partial charge in [0.15, 0.2) is 0 Å². The third-order valence-electron chi connectivity index (χ3n) is 9.36. The van der Waals surface area contributed by atoms with Gasteiger partial charge in [0.05, 0.1) is 38.9 Å². The predicted octanol–water partition coefficient (Wildman–Crippen LogP) is 11.1. The third-order valence-corrected chi connectivity index (χ3v) is 9.36. The first-order chi connectivity index (χ1) is 24.2. The van der Waals surface area contributed by atoms with Crippen LogP contribution in [-0.2, 0) is 0 Å². The van der Waals surface area contributed by atoms with Crippen molar-refractivity contribution in [1.82, 2.24) is 9.13 Å². The molecular weight excluding hydrogens is 599 g/mol. The molecule has 0 aliphatic rings. The van der Waals surface area contributed by atoms with Crippen molar-refractivity contribution in [2.45, 2.75) is 0 Å². The zero-order chi connectivity index (χ0) is 32.9. The lowest BCUT2D eigenvalue weighted by atomic mass is 10.0. The molecular formula is C44H27N5. The molecule has 0 amide bonds. The molecule has 0 fully saturated rings. The summed E-state index contributed by atoms with van der Waals surface area (Å²) in [4.78, 5) is 2.17. The van der Waals surface area contributed by atoms with Gasteiger partial charge in [-0.25, -0.2) is 0 Å². The van der Waals surface area contributed by atoms with Gasteiger partial charge in [0.2, 0.25) is 0 Å². The molecule has 9 rings (SSSR count). The Kier molecular flexibility index (Phi) is 6.50. The van der Waals surface area contributed by atoms with Gasteiger partial charge in [0.1, 0.15) is 12.1 Å². The second-order valence-corrected chi connectivity index (χ2v) is 12.0. The Morgan fingerprint density at radius 2 is 0.939 bits per heavy atom. The van der Waals surface area contributed by atoms with Crippen LogP contribution in [0.25, 0.3) is 55.0 Å². The zero-order valence-corrected chi connectivity index (χ0v) is 26.3. The molecule has 2 heterocycles. The largest absolute Gasteiger partial charge is 0.310 e. The average molecular weight is 626 g/mol. The van der Waals surface area contributed by atoms with Gasteiger partial charge >= 0.3 is 0 Å². The minimum atomic E-state index is 0.319. The van der Waals surface area contributed by atoms with Crippen molar-refractivity contribution < 1.29 is 0 Å². The molecule has 0 unspecified atom stereocenters. The van der Waals surface area contributed by atoms with E-state index in [0.29, 0.717) is 16.8 Å². The van der Waals surface area contributed by atoms with Crippen LogP contribution in [0.5, 0.6) is 0 Å². The zero-order valence-electron chi connectivity index (χ0n) is 26.3. The summed E-state index contributed by atoms with van der Waals surface area (Å²) in [6, 6.07) is 60.7. The molecule has 0 spiro atoms. The fourth-order valence-corrected chi connectivity index (χ4v) is 7.28. The van der Waals surface area contributed by atoms with Gasteiger partial charge in [0, 0.05) is 44.3 Å². The highest BCUT2D eigenvalue weighted by Gasteiger charge is 2.22. The smallest absolute Gasteiger partial charge is 0.103 e. The molecule has 0 saturated carbocycles. The number of aromatic nitrogens is 2. The van der Waals surface area contributed by atoms with Crippen LogP contribution in [0.1, 0.15) is 11.1 Å². The van der Waals surface area contributed by atoms with Crippen molar-refractivity contribution in [2.75, 3.05) is 4.90 Å². The van der Waals surface area contributed by atoms with E-state index < -0.39 is 0 Å². The maximum absolute atomic E-state index is 10.5. The van der Waals surface area contributed by atoms with Crippen molar-refractivity contribution in [3.63, 3.8) is 0 Å². The highest BCUT2D eigenvalue weighted by Crippen LogP contribution is 2.42. The lowest BCUT2D eigenvalue weighted by molar-refractivity contribution is 1.15. The summed E-state index contributed by atoms with van der Waals surface area (Å²) in [5.41, 5.74) is 9.27. The summed E-state index contributed by atoms with van der Waals surface area (Å²) < 4.78 is 4.42. The number of hydrogen-bond donors (Lipinski definition) is 0. The molecule has 0 radical (unpaired) electrons. The number of nitriles is 2. The highest BCUT2D eigenvalue weighted by atomic mass is 15.1. The van der Waals surface area contributed by atoms with Crippen molar-refractivity contribution in [3.05, 3.63) is 175 Å². The molecule has 7 aromatic carbocycles. The van der Waals surface area contributed by atoms with E-state index in [-0.39, 0.29) is 0 Å². The van der Waals surface area contributed by atoms with E-state index in [0.717, 1.165) is 66.4 Å². The summed E-state index contributed by atoms with van der Waals surface area (Å²) >= 11 is 0. The van der Waals surface area contributed by atoms with Gasteiger partial charge < -0.3 is 14.0 Å². The van der Waals surface area contributed by atoms with Crippen LogP contribution in [0.15, 0.2) is 164 Å². The lowest BCUT2D eigenvalue weighted by Crippen LogP contribution is -2.12. The first-order valence-corrected chi connectivity index (χ1v) is 16.2. The Labute approximate surface area is 282 Å². The summed E-state index contributed by atoms with van der Waals surface area (Å²) in [6.45, 7) is 0. The number of rotatable bonds is 5. The molecule has 49 heavy (non-hydrogen) atoms. The van der Waals surface area contributed by atoms with E-state index in [2.05, 4.69) is 129 Å². The van der Waals surface area contributed by atoms with Crippen LogP contribution in [0.4, 0.5) is 17.1 Å². The molecule has 0 aliphatic heterocycles. The minimum Gasteiger partial charge on any atom is -0.310 e. The number of hydrogen-bond acceptors (Lipinski definition) is 3. The maximum atomic E-state index is 10.5. The quantitative estimate of drug-likeness (QED) is 0.191. The van der Waals surface area contributed by atoms with Crippen LogP contribution in [0.3, 0.4) is 0 Å². The average Bonchev–Trinajstić information content (AvgIpc) is 3.68. The van der Waals surface area contributed by atoms with Crippen molar-refractivity contribution in [3.8, 4) is 23.5 Å². The fraction of sp³-hybridized carbons (Fsp3) is 0. The van der Waals surface area contributed by atoms with E-state index in [1.807, 2.05) is 60.7 Å². The molecule has 0 aliphatic carbocycles. The molecule has 2 aromatic heterocycles. The van der Waals surface area contributed by atoms with Crippen LogP contribution >= 0.6 is 0 Å². The molecule has 0 atom stereocenters. The molecule has 0 bridgehead atoms. The van der Waals surface area contributed by atoms with Crippen LogP contribution in [0.2, 0.25) is 0 Å². The number of anilines is 3. The summed E-state index contributed by atoms with van der Waals surface area (Å²) in [6.07, 6.45) is 0. The monoisotopic (exact) mass is 625 g/mol. The Balaban J connectivity index is 1.33. The van der Waals surface area contributed by atoms with Crippen LogP contribution in [-0.4, -0.2) is 9.13 Å². The highest BCUT2D eigenvalue weighted by molar-refractivity contribution is 6.11. The van der Waals surface area contributed by atoms with E-state index >= 15 is 0 Å². The summed E-state index contributed by atoms with van der Waals surface area (Å²) in [7, 11) is 0. The SMILES string of the molecule is N#Cc1cc(N(c2ccccc2)c2ccc3c(c2)c2ccccc2n3-c2ccccc2)cc(-n2c3ccccc3c3ccccc32)c1C#N. The van der Waals surface area contributed by atoms with Gasteiger partial charge in [0.25, 0.3) is 0 Å². The third kappa shape index (κ3) is 4.38. The predicted molar refractivity (Wildman–Crippen MR) is 199 cm³/mol. The van der Waals surface area contributed by atoms with Crippen molar-refractivity contribution in [1.29, 1.82) is 10.5 Å². The number of para-hydroxylation sites is 5. The topological polar surface area (TPSA) is 60.7 Å². The summed E-state index contributed by atoms with van der Waals surface area (Å²) in [5.74, 6) is 0. The maximum Gasteiger partial charge on any atom is 0.103 e. The van der Waals surface area contributed by atoms with Crippen LogP contribution < -0.4 is 4.90 Å². The van der Waals surface area contributed by atoms with Gasteiger partial charge in [-0.15, -0.1) is 0 Å². The van der Waals surface area contributed by atoms with E-state index in [9.17, 15) is 10.5 Å². The Morgan fingerprint density at radius 1 is 0.408 bits per heavy atom. The van der Waals surface area contributed by atoms with Gasteiger partial charge in [-0.3, -0.25) is 0 Å². The second kappa shape index (κ2) is 11.3. The van der Waals surface area contributed by atoms with Crippen LogP contribution in [0, 0.1) is 22.7 Å². The first kappa shape index (κ1) is 28.2. The molecule has 5 nitrogen and oxygen atoms in total. The fourth-order valence-electron chi connectivity index (χ4n) is 7.28. The standard InChI is InChI=1S/C44H27N5/c45-28-30-25-34(27-44(39(30)29-46)49-41-21-11-7-17-35(41)36-18-8-12-22-42(36)49)47(31-13-3-1-4-14-31)33-23-24-43-38(26-33)37-19-9-10-20-40(37)48(43)32-15-5-2-6-16-32/h1-27H. The minimum absolute atomic E-state index is 0.319. The van der Waals surface area contributed by atoms with Crippen molar-refractivity contribution >= 4 is 60.7 Å². The molecule has 228 valence electrons. The second-order valence-electron chi connectivity index (χ2n) is 12.0. The van der Waals surface area contributed by atoms with E-state index in [1.54, 1.807) is 0 Å².